The maximum atomic E-state index is 11.1. The molecule has 2 nitrogen and oxygen atoms in total. The molecule has 0 aliphatic carbocycles. The van der Waals surface area contributed by atoms with Gasteiger partial charge in [-0.25, -0.2) is 0 Å². The van der Waals surface area contributed by atoms with Crippen molar-refractivity contribution < 1.29 is 4.79 Å². The molecule has 13 heavy (non-hydrogen) atoms. The van der Waals surface area contributed by atoms with Crippen LogP contribution in [0.2, 0.25) is 0 Å². The van der Waals surface area contributed by atoms with E-state index in [1.165, 1.54) is 0 Å². The van der Waals surface area contributed by atoms with Gasteiger partial charge in [-0.2, -0.15) is 0 Å². The van der Waals surface area contributed by atoms with Gasteiger partial charge in [-0.1, -0.05) is 30.3 Å². The Hall–Kier alpha value is -1.02. The molecule has 0 aromatic heterocycles. The van der Waals surface area contributed by atoms with E-state index in [1.807, 2.05) is 30.3 Å². The van der Waals surface area contributed by atoms with Crippen molar-refractivity contribution in [3.05, 3.63) is 35.9 Å². The Kier molecular flexibility index (Phi) is 2.00. The zero-order valence-corrected chi connectivity index (χ0v) is 8.03. The Morgan fingerprint density at radius 2 is 1.92 bits per heavy atom. The molecule has 3 heteroatoms. The zero-order chi connectivity index (χ0) is 9.42. The molecule has 1 aromatic carbocycles. The number of carbonyl (C=O) groups excluding carboxylic acids is 1. The van der Waals surface area contributed by atoms with Gasteiger partial charge in [0.15, 0.2) is 0 Å². The molecule has 0 radical (unpaired) electrons. The van der Waals surface area contributed by atoms with E-state index in [1.54, 1.807) is 11.9 Å². The largest absolute Gasteiger partial charge is 0.335 e. The lowest BCUT2D eigenvalue weighted by Gasteiger charge is -2.41. The molecular formula is C10H10ClNO. The molecular weight excluding hydrogens is 186 g/mol. The Morgan fingerprint density at radius 3 is 2.46 bits per heavy atom. The molecule has 0 bridgehead atoms. The predicted molar refractivity (Wildman–Crippen MR) is 51.6 cm³/mol. The van der Waals surface area contributed by atoms with Gasteiger partial charge in [0, 0.05) is 7.05 Å². The van der Waals surface area contributed by atoms with E-state index in [0.29, 0.717) is 0 Å². The van der Waals surface area contributed by atoms with Crippen molar-refractivity contribution in [3.63, 3.8) is 0 Å². The second-order valence-electron chi connectivity index (χ2n) is 3.21. The fraction of sp³-hybridized carbons (Fsp3) is 0.300. The number of β-lactam (4-membered cyclic amide) rings is 1. The number of alkyl halides is 1. The first-order valence-electron chi connectivity index (χ1n) is 4.17. The SMILES string of the molecule is CN1C(=O)C(Cl)C1c1ccccc1. The molecule has 2 unspecified atom stereocenters. The second-order valence-corrected chi connectivity index (χ2v) is 3.68. The van der Waals surface area contributed by atoms with Crippen LogP contribution in [0.1, 0.15) is 11.6 Å². The molecule has 2 atom stereocenters. The first-order valence-corrected chi connectivity index (χ1v) is 4.61. The van der Waals surface area contributed by atoms with Crippen molar-refractivity contribution >= 4 is 17.5 Å². The van der Waals surface area contributed by atoms with Crippen molar-refractivity contribution in [2.45, 2.75) is 11.4 Å². The molecule has 1 aliphatic heterocycles. The molecule has 1 aliphatic rings. The van der Waals surface area contributed by atoms with Crippen LogP contribution in [0.3, 0.4) is 0 Å². The van der Waals surface area contributed by atoms with Crippen LogP contribution in [0, 0.1) is 0 Å². The highest BCUT2D eigenvalue weighted by Crippen LogP contribution is 2.36. The van der Waals surface area contributed by atoms with Crippen LogP contribution in [0.25, 0.3) is 0 Å². The third kappa shape index (κ3) is 1.22. The van der Waals surface area contributed by atoms with Crippen molar-refractivity contribution in [1.82, 2.24) is 4.90 Å². The molecule has 0 N–H and O–H groups in total. The van der Waals surface area contributed by atoms with Gasteiger partial charge >= 0.3 is 0 Å². The summed E-state index contributed by atoms with van der Waals surface area (Å²) in [6, 6.07) is 9.89. The van der Waals surface area contributed by atoms with Gasteiger partial charge in [0.25, 0.3) is 0 Å². The van der Waals surface area contributed by atoms with Crippen LogP contribution >= 0.6 is 11.6 Å². The summed E-state index contributed by atoms with van der Waals surface area (Å²) in [5.74, 6) is 0.00974. The van der Waals surface area contributed by atoms with Gasteiger partial charge in [0.1, 0.15) is 5.38 Å². The van der Waals surface area contributed by atoms with Crippen molar-refractivity contribution in [2.75, 3.05) is 7.05 Å². The number of nitrogens with zero attached hydrogens (tertiary/aromatic N) is 1. The highest BCUT2D eigenvalue weighted by atomic mass is 35.5. The number of benzene rings is 1. The molecule has 1 saturated heterocycles. The molecule has 1 aromatic rings. The first kappa shape index (κ1) is 8.57. The van der Waals surface area contributed by atoms with Crippen LogP contribution in [-0.2, 0) is 4.79 Å². The Labute approximate surface area is 82.1 Å². The van der Waals surface area contributed by atoms with Crippen LogP contribution in [0.5, 0.6) is 0 Å². The van der Waals surface area contributed by atoms with Gasteiger partial charge < -0.3 is 4.90 Å². The predicted octanol–water partition coefficient (Wildman–Crippen LogP) is 1.81. The molecule has 68 valence electrons. The van der Waals surface area contributed by atoms with Gasteiger partial charge in [0.2, 0.25) is 5.91 Å². The second kappa shape index (κ2) is 3.04. The van der Waals surface area contributed by atoms with Crippen LogP contribution in [-0.4, -0.2) is 23.2 Å². The number of carbonyl (C=O) groups is 1. The van der Waals surface area contributed by atoms with Gasteiger partial charge in [-0.3, -0.25) is 4.79 Å². The summed E-state index contributed by atoms with van der Waals surface area (Å²) in [6.45, 7) is 0. The minimum Gasteiger partial charge on any atom is -0.335 e. The number of halogens is 1. The lowest BCUT2D eigenvalue weighted by molar-refractivity contribution is -0.142. The van der Waals surface area contributed by atoms with Crippen molar-refractivity contribution in [2.24, 2.45) is 0 Å². The molecule has 1 heterocycles. The van der Waals surface area contributed by atoms with Crippen LogP contribution in [0.4, 0.5) is 0 Å². The standard InChI is InChI=1S/C10H10ClNO/c1-12-9(8(11)10(12)13)7-5-3-2-4-6-7/h2-6,8-9H,1H3. The topological polar surface area (TPSA) is 20.3 Å². The first-order chi connectivity index (χ1) is 6.22. The lowest BCUT2D eigenvalue weighted by atomic mass is 9.94. The van der Waals surface area contributed by atoms with Gasteiger partial charge in [-0.15, -0.1) is 11.6 Å². The van der Waals surface area contributed by atoms with Gasteiger partial charge in [-0.05, 0) is 5.56 Å². The molecule has 2 rings (SSSR count). The summed E-state index contributed by atoms with van der Waals surface area (Å²) in [6.07, 6.45) is 0. The van der Waals surface area contributed by atoms with E-state index in [9.17, 15) is 4.79 Å². The summed E-state index contributed by atoms with van der Waals surface area (Å²) in [7, 11) is 1.78. The molecule has 1 amide bonds. The maximum Gasteiger partial charge on any atom is 0.243 e. The fourth-order valence-electron chi connectivity index (χ4n) is 1.62. The number of hydrogen-bond donors (Lipinski definition) is 0. The normalized spacial score (nSPS) is 27.2. The third-order valence-corrected chi connectivity index (χ3v) is 2.84. The van der Waals surface area contributed by atoms with Crippen molar-refractivity contribution in [1.29, 1.82) is 0 Å². The van der Waals surface area contributed by atoms with E-state index in [-0.39, 0.29) is 17.3 Å². The Balaban J connectivity index is 2.25. The Morgan fingerprint density at radius 1 is 1.31 bits per heavy atom. The van der Waals surface area contributed by atoms with E-state index in [0.717, 1.165) is 5.56 Å². The number of amides is 1. The monoisotopic (exact) mass is 195 g/mol. The zero-order valence-electron chi connectivity index (χ0n) is 7.27. The minimum absolute atomic E-state index is 0.00974. The summed E-state index contributed by atoms with van der Waals surface area (Å²) in [5.41, 5.74) is 1.10. The number of likely N-dealkylation sites (tertiary alicyclic amines) is 1. The summed E-state index contributed by atoms with van der Waals surface area (Å²) < 4.78 is 0. The highest BCUT2D eigenvalue weighted by Gasteiger charge is 2.44. The molecule has 0 saturated carbocycles. The minimum atomic E-state index is -0.382. The van der Waals surface area contributed by atoms with Crippen LogP contribution < -0.4 is 0 Å². The number of hydrogen-bond acceptors (Lipinski definition) is 1. The lowest BCUT2D eigenvalue weighted by Crippen LogP contribution is -2.53. The van der Waals surface area contributed by atoms with E-state index >= 15 is 0 Å². The maximum absolute atomic E-state index is 11.1. The third-order valence-electron chi connectivity index (χ3n) is 2.42. The fourth-order valence-corrected chi connectivity index (χ4v) is 2.09. The van der Waals surface area contributed by atoms with E-state index in [4.69, 9.17) is 11.6 Å². The van der Waals surface area contributed by atoms with E-state index in [2.05, 4.69) is 0 Å². The highest BCUT2D eigenvalue weighted by molar-refractivity contribution is 6.33. The molecule has 1 fully saturated rings. The summed E-state index contributed by atoms with van der Waals surface area (Å²) >= 11 is 5.90. The van der Waals surface area contributed by atoms with E-state index < -0.39 is 0 Å². The number of rotatable bonds is 1. The average Bonchev–Trinajstić information content (AvgIpc) is 2.19. The van der Waals surface area contributed by atoms with Gasteiger partial charge in [0.05, 0.1) is 6.04 Å². The smallest absolute Gasteiger partial charge is 0.243 e. The quantitative estimate of drug-likeness (QED) is 0.495. The molecule has 0 spiro atoms. The van der Waals surface area contributed by atoms with Crippen LogP contribution in [0.15, 0.2) is 30.3 Å². The Bertz CT molecular complexity index is 313. The summed E-state index contributed by atoms with van der Waals surface area (Å²) in [4.78, 5) is 12.8. The van der Waals surface area contributed by atoms with Crippen molar-refractivity contribution in [3.8, 4) is 0 Å². The summed E-state index contributed by atoms with van der Waals surface area (Å²) in [5, 5.41) is -0.382. The average molecular weight is 196 g/mol.